The van der Waals surface area contributed by atoms with E-state index in [0.717, 1.165) is 25.7 Å². The van der Waals surface area contributed by atoms with Gasteiger partial charge in [-0.3, -0.25) is 4.79 Å². The van der Waals surface area contributed by atoms with Crippen molar-refractivity contribution >= 4 is 5.97 Å². The molecule has 0 aromatic carbocycles. The molecule has 1 N–H and O–H groups in total. The van der Waals surface area contributed by atoms with E-state index in [-0.39, 0.29) is 12.5 Å². The number of ether oxygens (including phenoxy) is 1. The van der Waals surface area contributed by atoms with Crippen LogP contribution in [0.1, 0.15) is 84.5 Å². The fourth-order valence-corrected chi connectivity index (χ4v) is 2.00. The second-order valence-electron chi connectivity index (χ2n) is 5.48. The number of carboxylic acids is 1. The average molecular weight is 296 g/mol. The molecule has 0 heterocycles. The van der Waals surface area contributed by atoms with Crippen LogP contribution in [0.2, 0.25) is 0 Å². The topological polar surface area (TPSA) is 46.5 Å². The quantitative estimate of drug-likeness (QED) is 0.392. The number of unbranched alkanes of at least 4 members (excludes halogenated alkanes) is 7. The highest BCUT2D eigenvalue weighted by molar-refractivity contribution is 5.66. The van der Waals surface area contributed by atoms with Crippen LogP contribution in [0.5, 0.6) is 0 Å². The SMILES string of the molecule is CCCCCCCCC#C[C@@H](CCC(=O)O)OCCCC. The van der Waals surface area contributed by atoms with Crippen LogP contribution >= 0.6 is 0 Å². The lowest BCUT2D eigenvalue weighted by Crippen LogP contribution is -2.13. The molecule has 122 valence electrons. The van der Waals surface area contributed by atoms with Gasteiger partial charge in [-0.1, -0.05) is 58.3 Å². The first-order chi connectivity index (χ1) is 10.2. The zero-order chi connectivity index (χ0) is 15.8. The molecular formula is C18H32O3. The molecular weight excluding hydrogens is 264 g/mol. The van der Waals surface area contributed by atoms with Crippen LogP contribution in [0.4, 0.5) is 0 Å². The van der Waals surface area contributed by atoms with E-state index in [9.17, 15) is 4.79 Å². The van der Waals surface area contributed by atoms with E-state index in [4.69, 9.17) is 9.84 Å². The lowest BCUT2D eigenvalue weighted by Gasteiger charge is -2.10. The van der Waals surface area contributed by atoms with Crippen LogP contribution in [0.25, 0.3) is 0 Å². The maximum absolute atomic E-state index is 10.6. The van der Waals surface area contributed by atoms with Gasteiger partial charge in [-0.05, 0) is 19.3 Å². The minimum atomic E-state index is -0.781. The first-order valence-electron chi connectivity index (χ1n) is 8.52. The third-order valence-corrected chi connectivity index (χ3v) is 3.36. The minimum absolute atomic E-state index is 0.127. The molecule has 0 fully saturated rings. The number of carbonyl (C=O) groups is 1. The Bertz CT molecular complexity index is 301. The van der Waals surface area contributed by atoms with Crippen molar-refractivity contribution in [2.45, 2.75) is 90.6 Å². The monoisotopic (exact) mass is 296 g/mol. The molecule has 21 heavy (non-hydrogen) atoms. The van der Waals surface area contributed by atoms with Crippen LogP contribution in [0, 0.1) is 11.8 Å². The van der Waals surface area contributed by atoms with Crippen molar-refractivity contribution in [2.24, 2.45) is 0 Å². The molecule has 0 spiro atoms. The predicted molar refractivity (Wildman–Crippen MR) is 87.3 cm³/mol. The van der Waals surface area contributed by atoms with Crippen molar-refractivity contribution in [2.75, 3.05) is 6.61 Å². The molecule has 3 heteroatoms. The maximum Gasteiger partial charge on any atom is 0.303 e. The van der Waals surface area contributed by atoms with Crippen LogP contribution in [-0.2, 0) is 9.53 Å². The molecule has 0 aromatic rings. The molecule has 1 atom stereocenters. The fourth-order valence-electron chi connectivity index (χ4n) is 2.00. The molecule has 0 bridgehead atoms. The van der Waals surface area contributed by atoms with Gasteiger partial charge in [-0.15, -0.1) is 5.92 Å². The number of aliphatic carboxylic acids is 1. The number of hydrogen-bond donors (Lipinski definition) is 1. The van der Waals surface area contributed by atoms with Crippen molar-refractivity contribution in [3.8, 4) is 11.8 Å². The second kappa shape index (κ2) is 15.4. The fraction of sp³-hybridized carbons (Fsp3) is 0.833. The van der Waals surface area contributed by atoms with E-state index in [1.807, 2.05) is 0 Å². The van der Waals surface area contributed by atoms with E-state index >= 15 is 0 Å². The molecule has 3 nitrogen and oxygen atoms in total. The molecule has 0 rings (SSSR count). The zero-order valence-electron chi connectivity index (χ0n) is 13.8. The number of hydrogen-bond acceptors (Lipinski definition) is 2. The predicted octanol–water partition coefficient (Wildman–Crippen LogP) is 4.79. The van der Waals surface area contributed by atoms with Gasteiger partial charge in [-0.2, -0.15) is 0 Å². The average Bonchev–Trinajstić information content (AvgIpc) is 2.46. The standard InChI is InChI=1S/C18H32O3/c1-3-5-7-8-9-10-11-12-13-17(14-15-18(19)20)21-16-6-4-2/h17H,3-11,14-16H2,1-2H3,(H,19,20)/t17-/m0/s1. The Labute approximate surface area is 130 Å². The molecule has 0 aromatic heterocycles. The Morgan fingerprint density at radius 3 is 2.38 bits per heavy atom. The Morgan fingerprint density at radius 1 is 1.05 bits per heavy atom. The Balaban J connectivity index is 3.85. The van der Waals surface area contributed by atoms with Gasteiger partial charge >= 0.3 is 5.97 Å². The third-order valence-electron chi connectivity index (χ3n) is 3.36. The van der Waals surface area contributed by atoms with E-state index in [2.05, 4.69) is 25.7 Å². The molecule has 0 radical (unpaired) electrons. The maximum atomic E-state index is 10.6. The number of rotatable bonds is 13. The van der Waals surface area contributed by atoms with Gasteiger partial charge in [0.15, 0.2) is 0 Å². The lowest BCUT2D eigenvalue weighted by atomic mass is 10.1. The summed E-state index contributed by atoms with van der Waals surface area (Å²) in [7, 11) is 0. The highest BCUT2D eigenvalue weighted by Crippen LogP contribution is 2.07. The molecule has 0 saturated carbocycles. The van der Waals surface area contributed by atoms with Gasteiger partial charge in [0.25, 0.3) is 0 Å². The van der Waals surface area contributed by atoms with Gasteiger partial charge in [-0.25, -0.2) is 0 Å². The molecule has 0 amide bonds. The largest absolute Gasteiger partial charge is 0.481 e. The van der Waals surface area contributed by atoms with E-state index in [1.54, 1.807) is 0 Å². The van der Waals surface area contributed by atoms with Gasteiger partial charge in [0.2, 0.25) is 0 Å². The van der Waals surface area contributed by atoms with Gasteiger partial charge in [0, 0.05) is 19.4 Å². The normalized spacial score (nSPS) is 11.7. The van der Waals surface area contributed by atoms with Crippen LogP contribution < -0.4 is 0 Å². The Morgan fingerprint density at radius 2 is 1.71 bits per heavy atom. The molecule has 0 aliphatic heterocycles. The van der Waals surface area contributed by atoms with Crippen LogP contribution in [0.15, 0.2) is 0 Å². The summed E-state index contributed by atoms with van der Waals surface area (Å²) < 4.78 is 5.66. The summed E-state index contributed by atoms with van der Waals surface area (Å²) in [6.07, 6.45) is 11.0. The number of carboxylic acid groups (broad SMARTS) is 1. The van der Waals surface area contributed by atoms with Gasteiger partial charge < -0.3 is 9.84 Å². The molecule has 0 aliphatic carbocycles. The molecule has 0 aliphatic rings. The van der Waals surface area contributed by atoms with Crippen molar-refractivity contribution < 1.29 is 14.6 Å². The first kappa shape index (κ1) is 20.0. The minimum Gasteiger partial charge on any atom is -0.481 e. The Kier molecular flexibility index (Phi) is 14.6. The van der Waals surface area contributed by atoms with Crippen molar-refractivity contribution in [3.63, 3.8) is 0 Å². The zero-order valence-corrected chi connectivity index (χ0v) is 13.8. The van der Waals surface area contributed by atoms with Crippen LogP contribution in [-0.4, -0.2) is 23.8 Å². The summed E-state index contributed by atoms with van der Waals surface area (Å²) in [5.41, 5.74) is 0. The summed E-state index contributed by atoms with van der Waals surface area (Å²) in [5.74, 6) is 5.48. The summed E-state index contributed by atoms with van der Waals surface area (Å²) in [5, 5.41) is 8.74. The van der Waals surface area contributed by atoms with E-state index < -0.39 is 5.97 Å². The lowest BCUT2D eigenvalue weighted by molar-refractivity contribution is -0.137. The summed E-state index contributed by atoms with van der Waals surface area (Å²) in [6, 6.07) is 0. The third kappa shape index (κ3) is 15.2. The van der Waals surface area contributed by atoms with Crippen molar-refractivity contribution in [1.29, 1.82) is 0 Å². The molecule has 0 unspecified atom stereocenters. The van der Waals surface area contributed by atoms with Crippen molar-refractivity contribution in [1.82, 2.24) is 0 Å². The van der Waals surface area contributed by atoms with Gasteiger partial charge in [0.05, 0.1) is 0 Å². The highest BCUT2D eigenvalue weighted by atomic mass is 16.5. The van der Waals surface area contributed by atoms with Crippen LogP contribution in [0.3, 0.4) is 0 Å². The van der Waals surface area contributed by atoms with E-state index in [1.165, 1.54) is 32.1 Å². The van der Waals surface area contributed by atoms with Gasteiger partial charge in [0.1, 0.15) is 6.10 Å². The summed E-state index contributed by atoms with van der Waals surface area (Å²) in [6.45, 7) is 5.01. The smallest absolute Gasteiger partial charge is 0.303 e. The van der Waals surface area contributed by atoms with Crippen molar-refractivity contribution in [3.05, 3.63) is 0 Å². The summed E-state index contributed by atoms with van der Waals surface area (Å²) in [4.78, 5) is 10.6. The first-order valence-corrected chi connectivity index (χ1v) is 8.52. The van der Waals surface area contributed by atoms with E-state index in [0.29, 0.717) is 13.0 Å². The second-order valence-corrected chi connectivity index (χ2v) is 5.48. The molecule has 0 saturated heterocycles. The Hall–Kier alpha value is -1.01. The summed E-state index contributed by atoms with van der Waals surface area (Å²) >= 11 is 0. The highest BCUT2D eigenvalue weighted by Gasteiger charge is 2.07.